The van der Waals surface area contributed by atoms with Gasteiger partial charge in [0.1, 0.15) is 12.2 Å². The minimum atomic E-state index is -0.991. The highest BCUT2D eigenvalue weighted by Crippen LogP contribution is 2.39. The lowest BCUT2D eigenvalue weighted by molar-refractivity contribution is 0.0303. The summed E-state index contributed by atoms with van der Waals surface area (Å²) in [5, 5.41) is 19.6. The molecule has 0 amide bonds. The van der Waals surface area contributed by atoms with Crippen LogP contribution in [0.25, 0.3) is 0 Å². The fourth-order valence-electron chi connectivity index (χ4n) is 3.09. The van der Waals surface area contributed by atoms with E-state index in [0.717, 1.165) is 5.56 Å². The number of aliphatic hydroxyl groups is 2. The summed E-state index contributed by atoms with van der Waals surface area (Å²) in [5.74, 6) is 2.75. The highest BCUT2D eigenvalue weighted by Gasteiger charge is 2.19. The van der Waals surface area contributed by atoms with Crippen molar-refractivity contribution >= 4 is 0 Å². The van der Waals surface area contributed by atoms with Crippen molar-refractivity contribution in [1.29, 1.82) is 0 Å². The molecule has 0 aliphatic heterocycles. The molecule has 0 aliphatic rings. The lowest BCUT2D eigenvalue weighted by Gasteiger charge is -2.20. The van der Waals surface area contributed by atoms with Crippen molar-refractivity contribution in [2.75, 3.05) is 28.4 Å². The van der Waals surface area contributed by atoms with E-state index in [1.807, 2.05) is 19.1 Å². The van der Waals surface area contributed by atoms with Crippen molar-refractivity contribution in [2.24, 2.45) is 0 Å². The zero-order chi connectivity index (χ0) is 21.6. The molecule has 29 heavy (non-hydrogen) atoms. The molecule has 0 saturated carbocycles. The molecule has 2 aromatic rings. The van der Waals surface area contributed by atoms with Gasteiger partial charge in [-0.3, -0.25) is 0 Å². The average molecular weight is 406 g/mol. The van der Waals surface area contributed by atoms with E-state index < -0.39 is 12.2 Å². The first-order valence-electron chi connectivity index (χ1n) is 9.34. The largest absolute Gasteiger partial charge is 0.493 e. The number of methoxy groups -OCH3 is 4. The fraction of sp³-hybridized carbons (Fsp3) is 0.455. The molecule has 0 aromatic heterocycles. The van der Waals surface area contributed by atoms with Crippen LogP contribution in [-0.4, -0.2) is 50.9 Å². The van der Waals surface area contributed by atoms with Gasteiger partial charge in [-0.25, -0.2) is 0 Å². The second kappa shape index (κ2) is 10.2. The van der Waals surface area contributed by atoms with Crippen LogP contribution in [0.1, 0.15) is 31.1 Å². The Labute approximate surface area is 171 Å². The summed E-state index contributed by atoms with van der Waals surface area (Å²) in [5.41, 5.74) is 1.52. The van der Waals surface area contributed by atoms with Crippen LogP contribution in [0.3, 0.4) is 0 Å². The molecular formula is C22H30O7. The first-order valence-corrected chi connectivity index (χ1v) is 9.34. The summed E-state index contributed by atoms with van der Waals surface area (Å²) in [4.78, 5) is 0. The van der Waals surface area contributed by atoms with E-state index in [9.17, 15) is 10.2 Å². The summed E-state index contributed by atoms with van der Waals surface area (Å²) in [6.45, 7) is 3.47. The van der Waals surface area contributed by atoms with Crippen molar-refractivity contribution in [1.82, 2.24) is 0 Å². The molecule has 160 valence electrons. The maximum Gasteiger partial charge on any atom is 0.203 e. The molecular weight excluding hydrogens is 376 g/mol. The van der Waals surface area contributed by atoms with E-state index in [4.69, 9.17) is 23.7 Å². The van der Waals surface area contributed by atoms with Crippen LogP contribution in [-0.2, 0) is 6.42 Å². The SMILES string of the molecule is COc1cc(C(O)C(C)O)ccc1OC(C)Cc1cc(OC)c(OC)c(OC)c1. The summed E-state index contributed by atoms with van der Waals surface area (Å²) >= 11 is 0. The predicted octanol–water partition coefficient (Wildman–Crippen LogP) is 3.15. The maximum atomic E-state index is 10.0. The van der Waals surface area contributed by atoms with Crippen molar-refractivity contribution in [3.8, 4) is 28.7 Å². The zero-order valence-electron chi connectivity index (χ0n) is 17.8. The maximum absolute atomic E-state index is 10.0. The van der Waals surface area contributed by atoms with E-state index in [2.05, 4.69) is 0 Å². The van der Waals surface area contributed by atoms with Crippen LogP contribution >= 0.6 is 0 Å². The molecule has 2 N–H and O–H groups in total. The van der Waals surface area contributed by atoms with E-state index in [0.29, 0.717) is 40.7 Å². The number of aliphatic hydroxyl groups excluding tert-OH is 2. The normalized spacial score (nSPS) is 13.9. The van der Waals surface area contributed by atoms with Crippen LogP contribution in [0.5, 0.6) is 28.7 Å². The third kappa shape index (κ3) is 5.46. The Morgan fingerprint density at radius 3 is 1.83 bits per heavy atom. The number of ether oxygens (including phenoxy) is 5. The second-order valence-corrected chi connectivity index (χ2v) is 6.76. The average Bonchev–Trinajstić information content (AvgIpc) is 2.72. The van der Waals surface area contributed by atoms with Gasteiger partial charge in [-0.1, -0.05) is 6.07 Å². The van der Waals surface area contributed by atoms with Crippen LogP contribution < -0.4 is 23.7 Å². The molecule has 0 aliphatic carbocycles. The Morgan fingerprint density at radius 1 is 0.759 bits per heavy atom. The Bertz CT molecular complexity index is 779. The van der Waals surface area contributed by atoms with E-state index in [1.165, 1.54) is 14.0 Å². The molecule has 0 spiro atoms. The van der Waals surface area contributed by atoms with Crippen LogP contribution in [0.15, 0.2) is 30.3 Å². The Kier molecular flexibility index (Phi) is 7.99. The summed E-state index contributed by atoms with van der Waals surface area (Å²) in [6, 6.07) is 8.88. The molecule has 0 radical (unpaired) electrons. The summed E-state index contributed by atoms with van der Waals surface area (Å²) < 4.78 is 27.6. The Hall–Kier alpha value is -2.64. The zero-order valence-corrected chi connectivity index (χ0v) is 17.8. The van der Waals surface area contributed by atoms with Gasteiger partial charge in [0.15, 0.2) is 23.0 Å². The summed E-state index contributed by atoms with van der Waals surface area (Å²) in [7, 11) is 6.25. The Balaban J connectivity index is 2.19. The molecule has 0 saturated heterocycles. The topological polar surface area (TPSA) is 86.6 Å². The van der Waals surface area contributed by atoms with Gasteiger partial charge < -0.3 is 33.9 Å². The minimum Gasteiger partial charge on any atom is -0.493 e. The predicted molar refractivity (Wildman–Crippen MR) is 110 cm³/mol. The molecule has 7 nitrogen and oxygen atoms in total. The van der Waals surface area contributed by atoms with Gasteiger partial charge in [-0.15, -0.1) is 0 Å². The fourth-order valence-corrected chi connectivity index (χ4v) is 3.09. The third-order valence-corrected chi connectivity index (χ3v) is 4.56. The molecule has 0 heterocycles. The van der Waals surface area contributed by atoms with Crippen molar-refractivity contribution in [3.63, 3.8) is 0 Å². The van der Waals surface area contributed by atoms with Crippen LogP contribution in [0, 0.1) is 0 Å². The molecule has 0 fully saturated rings. The lowest BCUT2D eigenvalue weighted by atomic mass is 10.0. The molecule has 3 unspecified atom stereocenters. The quantitative estimate of drug-likeness (QED) is 0.627. The summed E-state index contributed by atoms with van der Waals surface area (Å²) in [6.07, 6.45) is -1.46. The highest BCUT2D eigenvalue weighted by molar-refractivity contribution is 5.54. The first-order chi connectivity index (χ1) is 13.8. The third-order valence-electron chi connectivity index (χ3n) is 4.56. The van der Waals surface area contributed by atoms with E-state index >= 15 is 0 Å². The number of hydrogen-bond donors (Lipinski definition) is 2. The van der Waals surface area contributed by atoms with Crippen LogP contribution in [0.4, 0.5) is 0 Å². The van der Waals surface area contributed by atoms with Crippen LogP contribution in [0.2, 0.25) is 0 Å². The number of rotatable bonds is 10. The number of hydrogen-bond acceptors (Lipinski definition) is 7. The van der Waals surface area contributed by atoms with Gasteiger partial charge >= 0.3 is 0 Å². The highest BCUT2D eigenvalue weighted by atomic mass is 16.5. The Morgan fingerprint density at radius 2 is 1.34 bits per heavy atom. The van der Waals surface area contributed by atoms with Crippen molar-refractivity contribution in [3.05, 3.63) is 41.5 Å². The van der Waals surface area contributed by atoms with E-state index in [-0.39, 0.29) is 6.10 Å². The monoisotopic (exact) mass is 406 g/mol. The molecule has 0 bridgehead atoms. The first kappa shape index (κ1) is 22.6. The van der Waals surface area contributed by atoms with Crippen molar-refractivity contribution in [2.45, 2.75) is 38.6 Å². The standard InChI is InChI=1S/C22H30O7/c1-13(9-15-10-19(26-4)22(28-6)20(11-15)27-5)29-17-8-7-16(12-18(17)25-3)21(24)14(2)23/h7-8,10-14,21,23-24H,9H2,1-6H3. The van der Waals surface area contributed by atoms with Crippen molar-refractivity contribution < 1.29 is 33.9 Å². The van der Waals surface area contributed by atoms with Gasteiger partial charge in [0.05, 0.1) is 34.5 Å². The van der Waals surface area contributed by atoms with Gasteiger partial charge in [0, 0.05) is 6.42 Å². The van der Waals surface area contributed by atoms with Gasteiger partial charge in [0.25, 0.3) is 0 Å². The van der Waals surface area contributed by atoms with Gasteiger partial charge in [-0.2, -0.15) is 0 Å². The lowest BCUT2D eigenvalue weighted by Crippen LogP contribution is -2.17. The van der Waals surface area contributed by atoms with Gasteiger partial charge in [-0.05, 0) is 49.2 Å². The smallest absolute Gasteiger partial charge is 0.203 e. The molecule has 2 aromatic carbocycles. The minimum absolute atomic E-state index is 0.181. The molecule has 2 rings (SSSR count). The second-order valence-electron chi connectivity index (χ2n) is 6.76. The van der Waals surface area contributed by atoms with Gasteiger partial charge in [0.2, 0.25) is 5.75 Å². The number of benzene rings is 2. The van der Waals surface area contributed by atoms with E-state index in [1.54, 1.807) is 39.5 Å². The molecule has 3 atom stereocenters. The molecule has 7 heteroatoms.